The van der Waals surface area contributed by atoms with Crippen molar-refractivity contribution in [3.63, 3.8) is 0 Å². The summed E-state index contributed by atoms with van der Waals surface area (Å²) in [7, 11) is 0. The molecule has 2 heterocycles. The quantitative estimate of drug-likeness (QED) is 0.875. The minimum atomic E-state index is -0.323. The highest BCUT2D eigenvalue weighted by Gasteiger charge is 2.19. The molecule has 2 aromatic heterocycles. The third-order valence-electron chi connectivity index (χ3n) is 2.11. The molecule has 2 aromatic rings. The second-order valence-electron chi connectivity index (χ2n) is 3.80. The van der Waals surface area contributed by atoms with Gasteiger partial charge in [-0.1, -0.05) is 29.9 Å². The van der Waals surface area contributed by atoms with Crippen molar-refractivity contribution in [2.45, 2.75) is 19.8 Å². The van der Waals surface area contributed by atoms with Gasteiger partial charge in [0.1, 0.15) is 10.0 Å². The molecule has 6 nitrogen and oxygen atoms in total. The summed E-state index contributed by atoms with van der Waals surface area (Å²) in [4.78, 5) is 20.3. The van der Waals surface area contributed by atoms with Crippen LogP contribution >= 0.6 is 23.1 Å². The van der Waals surface area contributed by atoms with Crippen LogP contribution in [-0.4, -0.2) is 25.5 Å². The standard InChI is InChI=1S/C10H10ClN5OS/c1-5(2)7-8(18-16-15-7)9(17)14-10-12-4-3-6(11)13-10/h3-5H,1-2H3,(H,12,13,14,17). The summed E-state index contributed by atoms with van der Waals surface area (Å²) in [6.45, 7) is 3.90. The van der Waals surface area contributed by atoms with Crippen LogP contribution in [0.1, 0.15) is 35.1 Å². The molecule has 0 fully saturated rings. The summed E-state index contributed by atoms with van der Waals surface area (Å²) >= 11 is 6.76. The number of nitrogens with zero attached hydrogens (tertiary/aromatic N) is 4. The Hall–Kier alpha value is -1.60. The molecule has 0 spiro atoms. The fourth-order valence-electron chi connectivity index (χ4n) is 1.29. The Morgan fingerprint density at radius 2 is 2.28 bits per heavy atom. The Labute approximate surface area is 113 Å². The monoisotopic (exact) mass is 283 g/mol. The first-order chi connectivity index (χ1) is 8.58. The van der Waals surface area contributed by atoms with Crippen molar-refractivity contribution in [2.75, 3.05) is 5.32 Å². The number of anilines is 1. The smallest absolute Gasteiger partial charge is 0.271 e. The van der Waals surface area contributed by atoms with Crippen LogP contribution in [0.15, 0.2) is 12.3 Å². The van der Waals surface area contributed by atoms with Crippen molar-refractivity contribution in [2.24, 2.45) is 0 Å². The second-order valence-corrected chi connectivity index (χ2v) is 4.94. The summed E-state index contributed by atoms with van der Waals surface area (Å²) in [5, 5.41) is 6.77. The molecule has 0 saturated heterocycles. The van der Waals surface area contributed by atoms with Gasteiger partial charge in [-0.15, -0.1) is 5.10 Å². The van der Waals surface area contributed by atoms with Gasteiger partial charge in [0, 0.05) is 6.20 Å². The van der Waals surface area contributed by atoms with Gasteiger partial charge in [0.15, 0.2) is 0 Å². The van der Waals surface area contributed by atoms with Gasteiger partial charge in [0.25, 0.3) is 5.91 Å². The second kappa shape index (κ2) is 5.36. The topological polar surface area (TPSA) is 80.7 Å². The molecule has 0 aliphatic carbocycles. The number of aromatic nitrogens is 4. The first-order valence-corrected chi connectivity index (χ1v) is 6.35. The molecule has 0 aromatic carbocycles. The van der Waals surface area contributed by atoms with Crippen molar-refractivity contribution < 1.29 is 4.79 Å². The van der Waals surface area contributed by atoms with Crippen LogP contribution in [0, 0.1) is 0 Å². The van der Waals surface area contributed by atoms with Crippen LogP contribution < -0.4 is 5.32 Å². The minimum absolute atomic E-state index is 0.129. The molecule has 0 saturated carbocycles. The van der Waals surface area contributed by atoms with Crippen LogP contribution in [0.5, 0.6) is 0 Å². The van der Waals surface area contributed by atoms with Gasteiger partial charge in [-0.05, 0) is 23.5 Å². The van der Waals surface area contributed by atoms with E-state index in [1.165, 1.54) is 12.3 Å². The number of rotatable bonds is 3. The van der Waals surface area contributed by atoms with E-state index >= 15 is 0 Å². The van der Waals surface area contributed by atoms with Gasteiger partial charge in [-0.25, -0.2) is 9.97 Å². The lowest BCUT2D eigenvalue weighted by Gasteiger charge is -2.04. The van der Waals surface area contributed by atoms with Gasteiger partial charge in [-0.3, -0.25) is 10.1 Å². The molecule has 8 heteroatoms. The van der Waals surface area contributed by atoms with E-state index in [2.05, 4.69) is 24.9 Å². The summed E-state index contributed by atoms with van der Waals surface area (Å²) in [5.41, 5.74) is 0.666. The highest BCUT2D eigenvalue weighted by Crippen LogP contribution is 2.20. The number of hydrogen-bond donors (Lipinski definition) is 1. The average molecular weight is 284 g/mol. The molecule has 0 aliphatic heterocycles. The lowest BCUT2D eigenvalue weighted by Crippen LogP contribution is -2.15. The van der Waals surface area contributed by atoms with E-state index in [9.17, 15) is 4.79 Å². The number of hydrogen-bond acceptors (Lipinski definition) is 6. The Morgan fingerprint density at radius 1 is 1.50 bits per heavy atom. The van der Waals surface area contributed by atoms with E-state index in [1.54, 1.807) is 0 Å². The Morgan fingerprint density at radius 3 is 2.94 bits per heavy atom. The predicted molar refractivity (Wildman–Crippen MR) is 69.0 cm³/mol. The number of amides is 1. The van der Waals surface area contributed by atoms with Crippen LogP contribution in [0.4, 0.5) is 5.95 Å². The Balaban J connectivity index is 2.20. The van der Waals surface area contributed by atoms with Crippen LogP contribution in [0.25, 0.3) is 0 Å². The maximum atomic E-state index is 12.0. The van der Waals surface area contributed by atoms with Crippen molar-refractivity contribution in [1.29, 1.82) is 0 Å². The average Bonchev–Trinajstić information content (AvgIpc) is 2.77. The maximum Gasteiger partial charge on any atom is 0.271 e. The van der Waals surface area contributed by atoms with Gasteiger partial charge >= 0.3 is 0 Å². The normalized spacial score (nSPS) is 10.7. The predicted octanol–water partition coefficient (Wildman–Crippen LogP) is 2.36. The molecule has 18 heavy (non-hydrogen) atoms. The van der Waals surface area contributed by atoms with E-state index in [0.29, 0.717) is 10.6 Å². The molecule has 2 rings (SSSR count). The summed E-state index contributed by atoms with van der Waals surface area (Å²) in [6.07, 6.45) is 1.47. The lowest BCUT2D eigenvalue weighted by molar-refractivity contribution is 0.102. The lowest BCUT2D eigenvalue weighted by atomic mass is 10.1. The van der Waals surface area contributed by atoms with Crippen LogP contribution in [0.3, 0.4) is 0 Å². The van der Waals surface area contributed by atoms with Gasteiger partial charge in [-0.2, -0.15) is 0 Å². The zero-order chi connectivity index (χ0) is 13.1. The Bertz CT molecular complexity index is 571. The van der Waals surface area contributed by atoms with Gasteiger partial charge < -0.3 is 0 Å². The number of nitrogens with one attached hydrogen (secondary N) is 1. The first-order valence-electron chi connectivity index (χ1n) is 5.20. The van der Waals surface area contributed by atoms with E-state index in [1.807, 2.05) is 13.8 Å². The summed E-state index contributed by atoms with van der Waals surface area (Å²) < 4.78 is 3.79. The molecule has 0 atom stereocenters. The van der Waals surface area contributed by atoms with Gasteiger partial charge in [0.05, 0.1) is 5.69 Å². The van der Waals surface area contributed by atoms with Crippen molar-refractivity contribution in [1.82, 2.24) is 19.6 Å². The molecular weight excluding hydrogens is 274 g/mol. The summed E-state index contributed by atoms with van der Waals surface area (Å²) in [5.74, 6) is -0.0312. The molecular formula is C10H10ClN5OS. The number of carbonyl (C=O) groups is 1. The molecule has 94 valence electrons. The highest BCUT2D eigenvalue weighted by molar-refractivity contribution is 7.08. The first kappa shape index (κ1) is 12.8. The molecule has 1 amide bonds. The maximum absolute atomic E-state index is 12.0. The largest absolute Gasteiger partial charge is 0.290 e. The highest BCUT2D eigenvalue weighted by atomic mass is 35.5. The Kier molecular flexibility index (Phi) is 3.83. The van der Waals surface area contributed by atoms with E-state index in [4.69, 9.17) is 11.6 Å². The SMILES string of the molecule is CC(C)c1nnsc1C(=O)Nc1nccc(Cl)n1. The van der Waals surface area contributed by atoms with Gasteiger partial charge in [0.2, 0.25) is 5.95 Å². The molecule has 0 aliphatic rings. The van der Waals surface area contributed by atoms with E-state index in [0.717, 1.165) is 11.5 Å². The zero-order valence-electron chi connectivity index (χ0n) is 9.72. The van der Waals surface area contributed by atoms with Crippen molar-refractivity contribution in [3.8, 4) is 0 Å². The van der Waals surface area contributed by atoms with E-state index in [-0.39, 0.29) is 22.9 Å². The fraction of sp³-hybridized carbons (Fsp3) is 0.300. The van der Waals surface area contributed by atoms with Crippen molar-refractivity contribution >= 4 is 35.0 Å². The summed E-state index contributed by atoms with van der Waals surface area (Å²) in [6, 6.07) is 1.53. The fourth-order valence-corrected chi connectivity index (χ4v) is 2.14. The number of halogens is 1. The minimum Gasteiger partial charge on any atom is -0.290 e. The molecule has 0 bridgehead atoms. The third kappa shape index (κ3) is 2.80. The third-order valence-corrected chi connectivity index (χ3v) is 3.06. The van der Waals surface area contributed by atoms with Crippen molar-refractivity contribution in [3.05, 3.63) is 28.0 Å². The van der Waals surface area contributed by atoms with Crippen LogP contribution in [-0.2, 0) is 0 Å². The molecule has 0 radical (unpaired) electrons. The van der Waals surface area contributed by atoms with Crippen LogP contribution in [0.2, 0.25) is 5.15 Å². The number of carbonyl (C=O) groups excluding carboxylic acids is 1. The van der Waals surface area contributed by atoms with E-state index < -0.39 is 0 Å². The molecule has 1 N–H and O–H groups in total. The molecule has 0 unspecified atom stereocenters. The zero-order valence-corrected chi connectivity index (χ0v) is 11.3.